The van der Waals surface area contributed by atoms with E-state index >= 15 is 0 Å². The second-order valence-corrected chi connectivity index (χ2v) is 18.1. The van der Waals surface area contributed by atoms with Crippen LogP contribution >= 0.6 is 0 Å². The maximum absolute atomic E-state index is 13.1. The topological polar surface area (TPSA) is 167 Å². The van der Waals surface area contributed by atoms with E-state index in [0.29, 0.717) is 42.3 Å². The van der Waals surface area contributed by atoms with Gasteiger partial charge < -0.3 is 29.7 Å². The molecule has 3 aliphatic heterocycles. The fourth-order valence-electron chi connectivity index (χ4n) is 10.3. The van der Waals surface area contributed by atoms with Crippen molar-refractivity contribution in [3.8, 4) is 5.75 Å². The number of nitrogens with one attached hydrogen (secondary N) is 3. The van der Waals surface area contributed by atoms with E-state index in [-0.39, 0.29) is 48.2 Å². The number of benzene rings is 3. The molecule has 10 rings (SSSR count). The van der Waals surface area contributed by atoms with Crippen LogP contribution in [0.3, 0.4) is 0 Å². The number of carbonyl (C=O) groups excluding carboxylic acids is 4. The number of carbonyl (C=O) groups is 4. The quantitative estimate of drug-likeness (QED) is 0.143. The van der Waals surface area contributed by atoms with Crippen LogP contribution in [-0.4, -0.2) is 111 Å². The molecule has 3 N–H and O–H groups in total. The Kier molecular flexibility index (Phi) is 11.3. The average Bonchev–Trinajstić information content (AvgIpc) is 3.71. The number of aromatic nitrogens is 4. The largest absolute Gasteiger partial charge is 0.484 e. The van der Waals surface area contributed by atoms with E-state index in [1.54, 1.807) is 18.5 Å². The van der Waals surface area contributed by atoms with E-state index in [1.807, 2.05) is 53.7 Å². The van der Waals surface area contributed by atoms with E-state index in [0.717, 1.165) is 92.9 Å². The first-order chi connectivity index (χ1) is 30.7. The Labute approximate surface area is 366 Å². The Morgan fingerprint density at radius 3 is 2.30 bits per heavy atom. The molecule has 0 radical (unpaired) electrons. The zero-order chi connectivity index (χ0) is 42.9. The van der Waals surface area contributed by atoms with Crippen LogP contribution in [0.5, 0.6) is 5.75 Å². The van der Waals surface area contributed by atoms with Crippen molar-refractivity contribution < 1.29 is 23.9 Å². The lowest BCUT2D eigenvalue weighted by Crippen LogP contribution is -2.59. The van der Waals surface area contributed by atoms with E-state index in [4.69, 9.17) is 9.72 Å². The lowest BCUT2D eigenvalue weighted by atomic mass is 9.60. The van der Waals surface area contributed by atoms with Gasteiger partial charge in [-0.05, 0) is 97.9 Å². The number of hydrogen-bond acceptors (Lipinski definition) is 11. The van der Waals surface area contributed by atoms with Gasteiger partial charge in [-0.2, -0.15) is 0 Å². The third-order valence-corrected chi connectivity index (χ3v) is 14.2. The van der Waals surface area contributed by atoms with Gasteiger partial charge in [-0.3, -0.25) is 29.4 Å². The first-order valence-electron chi connectivity index (χ1n) is 22.5. The molecule has 5 fully saturated rings. The number of imidazole rings is 1. The van der Waals surface area contributed by atoms with Crippen LogP contribution in [-0.2, 0) is 25.6 Å². The van der Waals surface area contributed by atoms with Gasteiger partial charge in [0.1, 0.15) is 12.1 Å². The van der Waals surface area contributed by atoms with Crippen molar-refractivity contribution in [2.75, 3.05) is 56.1 Å². The van der Waals surface area contributed by atoms with Crippen LogP contribution in [0.4, 0.5) is 17.2 Å². The number of hydrogen-bond donors (Lipinski definition) is 3. The minimum Gasteiger partial charge on any atom is -0.484 e. The highest BCUT2D eigenvalue weighted by Gasteiger charge is 2.48. The molecule has 2 aliphatic carbocycles. The predicted molar refractivity (Wildman–Crippen MR) is 238 cm³/mol. The number of nitrogens with zero attached hydrogens (tertiary/aromatic N) is 7. The number of anilines is 3. The lowest BCUT2D eigenvalue weighted by Gasteiger charge is -2.56. The molecule has 1 unspecified atom stereocenters. The fraction of sp³-hybridized carbons (Fsp3) is 0.438. The maximum atomic E-state index is 13.1. The normalized spacial score (nSPS) is 22.6. The summed E-state index contributed by atoms with van der Waals surface area (Å²) in [6.07, 6.45) is 10.8. The van der Waals surface area contributed by atoms with Gasteiger partial charge in [-0.25, -0.2) is 15.0 Å². The van der Waals surface area contributed by atoms with E-state index in [2.05, 4.69) is 64.6 Å². The highest BCUT2D eigenvalue weighted by molar-refractivity contribution is 6.01. The van der Waals surface area contributed by atoms with Crippen molar-refractivity contribution in [1.82, 2.24) is 40.0 Å². The minimum atomic E-state index is -0.339. The van der Waals surface area contributed by atoms with E-state index in [9.17, 15) is 19.2 Å². The van der Waals surface area contributed by atoms with Crippen molar-refractivity contribution in [3.63, 3.8) is 0 Å². The molecule has 5 aliphatic rings. The number of piperidine rings is 2. The summed E-state index contributed by atoms with van der Waals surface area (Å²) in [4.78, 5) is 70.2. The summed E-state index contributed by atoms with van der Waals surface area (Å²) < 4.78 is 7.94. The first kappa shape index (κ1) is 40.7. The van der Waals surface area contributed by atoms with Gasteiger partial charge in [0.15, 0.2) is 23.6 Å². The summed E-state index contributed by atoms with van der Waals surface area (Å²) in [7, 11) is 0. The molecule has 3 saturated heterocycles. The third kappa shape index (κ3) is 8.83. The van der Waals surface area contributed by atoms with Crippen LogP contribution in [0.15, 0.2) is 91.5 Å². The van der Waals surface area contributed by atoms with Crippen LogP contribution in [0.1, 0.15) is 74.5 Å². The Morgan fingerprint density at radius 2 is 1.57 bits per heavy atom. The maximum Gasteiger partial charge on any atom is 0.260 e. The second kappa shape index (κ2) is 17.4. The molecule has 1 spiro atoms. The zero-order valence-corrected chi connectivity index (χ0v) is 35.5. The third-order valence-electron chi connectivity index (χ3n) is 14.2. The molecule has 5 heterocycles. The SMILES string of the molecule is O=C1CCC(c2ccc(OCC(=O)N3CCC4(CC3)CC(N3CCN(c5ccc(Nc6ncnc7c6ncn7C6CC(NC(=O)Cc7ccccc7)C6)cc5)CC3)C4)cc2)C(=O)N1. The minimum absolute atomic E-state index is 0.00330. The Morgan fingerprint density at radius 1 is 0.825 bits per heavy atom. The van der Waals surface area contributed by atoms with Crippen molar-refractivity contribution in [3.05, 3.63) is 103 Å². The Hall–Kier alpha value is -6.35. The first-order valence-corrected chi connectivity index (χ1v) is 22.5. The van der Waals surface area contributed by atoms with Crippen molar-refractivity contribution >= 4 is 52.0 Å². The van der Waals surface area contributed by atoms with Gasteiger partial charge in [0, 0.05) is 75.2 Å². The van der Waals surface area contributed by atoms with Crippen molar-refractivity contribution in [2.24, 2.45) is 5.41 Å². The number of imide groups is 1. The lowest BCUT2D eigenvalue weighted by molar-refractivity contribution is -0.138. The molecule has 4 amide bonds. The average molecular weight is 851 g/mol. The highest BCUT2D eigenvalue weighted by atomic mass is 16.5. The summed E-state index contributed by atoms with van der Waals surface area (Å²) >= 11 is 0. The number of ether oxygens (including phenoxy) is 1. The zero-order valence-electron chi connectivity index (χ0n) is 35.5. The van der Waals surface area contributed by atoms with Gasteiger partial charge in [-0.15, -0.1) is 0 Å². The molecule has 3 aromatic carbocycles. The molecule has 15 heteroatoms. The molecular formula is C48H54N10O5. The Balaban J connectivity index is 0.640. The van der Waals surface area contributed by atoms with Crippen LogP contribution in [0, 0.1) is 5.41 Å². The molecule has 0 bridgehead atoms. The molecule has 5 aromatic rings. The number of fused-ring (bicyclic) bond motifs is 1. The fourth-order valence-corrected chi connectivity index (χ4v) is 10.3. The molecule has 326 valence electrons. The molecule has 1 atom stereocenters. The Bertz CT molecular complexity index is 2450. The molecule has 2 aromatic heterocycles. The van der Waals surface area contributed by atoms with Crippen LogP contribution in [0.25, 0.3) is 11.2 Å². The molecule has 2 saturated carbocycles. The molecule has 63 heavy (non-hydrogen) atoms. The summed E-state index contributed by atoms with van der Waals surface area (Å²) in [6, 6.07) is 26.6. The van der Waals surface area contributed by atoms with Crippen LogP contribution < -0.4 is 25.6 Å². The van der Waals surface area contributed by atoms with Gasteiger partial charge >= 0.3 is 0 Å². The second-order valence-electron chi connectivity index (χ2n) is 18.1. The molecule has 15 nitrogen and oxygen atoms in total. The molecular weight excluding hydrogens is 797 g/mol. The van der Waals surface area contributed by atoms with Gasteiger partial charge in [0.2, 0.25) is 17.7 Å². The van der Waals surface area contributed by atoms with E-state index < -0.39 is 0 Å². The predicted octanol–water partition coefficient (Wildman–Crippen LogP) is 5.12. The number of likely N-dealkylation sites (tertiary alicyclic amines) is 1. The standard InChI is InChI=1S/C48H54N10O5/c59-41-15-14-40(47(62)54-41)33-6-12-39(13-7-33)63-29-43(61)57-18-16-48(17-19-57)27-38(28-48)56-22-20-55(21-23-56)36-10-8-34(9-11-36)53-45-44-46(50-30-49-45)58(31-51-44)37-25-35(26-37)52-42(60)24-32-4-2-1-3-5-32/h1-13,30-31,35,37-38,40H,14-29H2,(H,52,60)(H,49,50,53)(H,54,59,62). The highest BCUT2D eigenvalue weighted by Crippen LogP contribution is 2.51. The van der Waals surface area contributed by atoms with Gasteiger partial charge in [0.05, 0.1) is 18.7 Å². The number of amides is 4. The van der Waals surface area contributed by atoms with Gasteiger partial charge in [0.25, 0.3) is 5.91 Å². The summed E-state index contributed by atoms with van der Waals surface area (Å²) in [5, 5.41) is 9.04. The van der Waals surface area contributed by atoms with Crippen molar-refractivity contribution in [2.45, 2.75) is 81.8 Å². The smallest absolute Gasteiger partial charge is 0.260 e. The summed E-state index contributed by atoms with van der Waals surface area (Å²) in [6.45, 7) is 5.60. The van der Waals surface area contributed by atoms with Gasteiger partial charge in [-0.1, -0.05) is 42.5 Å². The summed E-state index contributed by atoms with van der Waals surface area (Å²) in [5.74, 6) is 0.499. The van der Waals surface area contributed by atoms with Crippen LogP contribution in [0.2, 0.25) is 0 Å². The summed E-state index contributed by atoms with van der Waals surface area (Å²) in [5.41, 5.74) is 5.86. The van der Waals surface area contributed by atoms with E-state index in [1.165, 1.54) is 18.5 Å². The number of piperazine rings is 1. The number of rotatable bonds is 12. The monoisotopic (exact) mass is 850 g/mol. The van der Waals surface area contributed by atoms with Crippen molar-refractivity contribution in [1.29, 1.82) is 0 Å².